The maximum absolute atomic E-state index is 10.4. The summed E-state index contributed by atoms with van der Waals surface area (Å²) in [7, 11) is 0. The minimum Gasteiger partial charge on any atom is -0.389 e. The number of aliphatic hydroxyl groups is 1. The predicted octanol–water partition coefficient (Wildman–Crippen LogP) is 2.41. The molecule has 2 aliphatic rings. The molecule has 1 aliphatic carbocycles. The van der Waals surface area contributed by atoms with Gasteiger partial charge in [0.15, 0.2) is 0 Å². The van der Waals surface area contributed by atoms with Crippen LogP contribution in [-0.2, 0) is 0 Å². The average Bonchev–Trinajstić information content (AvgIpc) is 3.09. The first-order chi connectivity index (χ1) is 7.73. The Kier molecular flexibility index (Phi) is 4.57. The summed E-state index contributed by atoms with van der Waals surface area (Å²) in [5.74, 6) is 3.15. The van der Waals surface area contributed by atoms with Crippen molar-refractivity contribution in [2.75, 3.05) is 18.1 Å². The van der Waals surface area contributed by atoms with Crippen LogP contribution in [0.25, 0.3) is 0 Å². The van der Waals surface area contributed by atoms with Crippen molar-refractivity contribution in [1.29, 1.82) is 0 Å². The predicted molar refractivity (Wildman–Crippen MR) is 70.9 cm³/mol. The van der Waals surface area contributed by atoms with Crippen molar-refractivity contribution in [3.8, 4) is 0 Å². The summed E-state index contributed by atoms with van der Waals surface area (Å²) in [6.07, 6.45) is 7.25. The van der Waals surface area contributed by atoms with Crippen molar-refractivity contribution in [3.05, 3.63) is 0 Å². The van der Waals surface area contributed by atoms with Crippen molar-refractivity contribution in [2.45, 2.75) is 57.1 Å². The van der Waals surface area contributed by atoms with E-state index in [1.54, 1.807) is 0 Å². The fraction of sp³-hybridized carbons (Fsp3) is 1.00. The molecule has 0 bridgehead atoms. The van der Waals surface area contributed by atoms with Gasteiger partial charge in [-0.1, -0.05) is 13.3 Å². The smallest absolute Gasteiger partial charge is 0.0787 e. The van der Waals surface area contributed by atoms with Crippen LogP contribution in [0, 0.1) is 5.92 Å². The molecule has 0 amide bonds. The molecule has 0 aromatic rings. The highest BCUT2D eigenvalue weighted by Gasteiger charge is 2.34. The third kappa shape index (κ3) is 3.64. The van der Waals surface area contributed by atoms with Gasteiger partial charge in [0.1, 0.15) is 0 Å². The molecule has 2 nitrogen and oxygen atoms in total. The molecule has 2 rings (SSSR count). The van der Waals surface area contributed by atoms with Crippen LogP contribution in [0.3, 0.4) is 0 Å². The Morgan fingerprint density at radius 3 is 2.62 bits per heavy atom. The molecule has 0 spiro atoms. The van der Waals surface area contributed by atoms with Crippen LogP contribution in [-0.4, -0.2) is 34.8 Å². The van der Waals surface area contributed by atoms with Crippen LogP contribution in [0.15, 0.2) is 0 Å². The zero-order valence-corrected chi connectivity index (χ0v) is 11.2. The average molecular weight is 243 g/mol. The molecule has 0 radical (unpaired) electrons. The second-order valence-electron chi connectivity index (χ2n) is 5.45. The topological polar surface area (TPSA) is 32.3 Å². The number of hydrogen-bond donors (Lipinski definition) is 2. The van der Waals surface area contributed by atoms with Crippen LogP contribution in [0.2, 0.25) is 0 Å². The van der Waals surface area contributed by atoms with E-state index in [4.69, 9.17) is 0 Å². The highest BCUT2D eigenvalue weighted by Crippen LogP contribution is 2.35. The molecule has 1 saturated heterocycles. The molecule has 1 atom stereocenters. The SMILES string of the molecule is CCCC(NCC1(O)CCSCC1)C1CC1. The van der Waals surface area contributed by atoms with Crippen molar-refractivity contribution in [1.82, 2.24) is 5.32 Å². The van der Waals surface area contributed by atoms with Crippen molar-refractivity contribution in [2.24, 2.45) is 5.92 Å². The molecular weight excluding hydrogens is 218 g/mol. The van der Waals surface area contributed by atoms with E-state index in [0.29, 0.717) is 6.04 Å². The third-order valence-corrected chi connectivity index (χ3v) is 4.89. The minimum atomic E-state index is -0.411. The Morgan fingerprint density at radius 1 is 1.38 bits per heavy atom. The fourth-order valence-corrected chi connectivity index (χ4v) is 3.82. The molecule has 1 heterocycles. The first-order valence-electron chi connectivity index (χ1n) is 6.77. The maximum atomic E-state index is 10.4. The first kappa shape index (κ1) is 12.7. The lowest BCUT2D eigenvalue weighted by Crippen LogP contribution is -2.47. The number of thioether (sulfide) groups is 1. The molecule has 2 N–H and O–H groups in total. The summed E-state index contributed by atoms with van der Waals surface area (Å²) in [4.78, 5) is 0. The van der Waals surface area contributed by atoms with E-state index in [-0.39, 0.29) is 0 Å². The van der Waals surface area contributed by atoms with Gasteiger partial charge in [-0.15, -0.1) is 0 Å². The van der Waals surface area contributed by atoms with Crippen molar-refractivity contribution >= 4 is 11.8 Å². The quantitative estimate of drug-likeness (QED) is 0.751. The number of rotatable bonds is 6. The summed E-state index contributed by atoms with van der Waals surface area (Å²) in [5.41, 5.74) is -0.411. The zero-order valence-electron chi connectivity index (χ0n) is 10.4. The summed E-state index contributed by atoms with van der Waals surface area (Å²) >= 11 is 1.97. The molecular formula is C13H25NOS. The van der Waals surface area contributed by atoms with Gasteiger partial charge >= 0.3 is 0 Å². The highest BCUT2D eigenvalue weighted by atomic mass is 32.2. The van der Waals surface area contributed by atoms with Crippen LogP contribution in [0.4, 0.5) is 0 Å². The van der Waals surface area contributed by atoms with Gasteiger partial charge in [0.2, 0.25) is 0 Å². The molecule has 3 heteroatoms. The van der Waals surface area contributed by atoms with Crippen molar-refractivity contribution in [3.63, 3.8) is 0 Å². The summed E-state index contributed by atoms with van der Waals surface area (Å²) < 4.78 is 0. The van der Waals surface area contributed by atoms with Gasteiger partial charge in [-0.3, -0.25) is 0 Å². The van der Waals surface area contributed by atoms with Gasteiger partial charge in [-0.05, 0) is 49.5 Å². The van der Waals surface area contributed by atoms with Gasteiger partial charge < -0.3 is 10.4 Å². The minimum absolute atomic E-state index is 0.411. The zero-order chi connectivity index (χ0) is 11.4. The van der Waals surface area contributed by atoms with Gasteiger partial charge in [-0.2, -0.15) is 11.8 Å². The lowest BCUT2D eigenvalue weighted by Gasteiger charge is -2.33. The summed E-state index contributed by atoms with van der Waals surface area (Å²) in [6, 6.07) is 0.670. The lowest BCUT2D eigenvalue weighted by atomic mass is 9.95. The Morgan fingerprint density at radius 2 is 2.06 bits per heavy atom. The molecule has 1 saturated carbocycles. The van der Waals surface area contributed by atoms with Gasteiger partial charge in [0.05, 0.1) is 5.60 Å². The van der Waals surface area contributed by atoms with Gasteiger partial charge in [-0.25, -0.2) is 0 Å². The van der Waals surface area contributed by atoms with E-state index in [1.807, 2.05) is 11.8 Å². The van der Waals surface area contributed by atoms with E-state index in [2.05, 4.69) is 12.2 Å². The van der Waals surface area contributed by atoms with Crippen LogP contribution in [0.1, 0.15) is 45.4 Å². The summed E-state index contributed by atoms with van der Waals surface area (Å²) in [5, 5.41) is 14.0. The standard InChI is InChI=1S/C13H25NOS/c1-2-3-12(11-4-5-11)14-10-13(15)6-8-16-9-7-13/h11-12,14-15H,2-10H2,1H3. The van der Waals surface area contributed by atoms with Gasteiger partial charge in [0, 0.05) is 12.6 Å². The van der Waals surface area contributed by atoms with E-state index >= 15 is 0 Å². The fourth-order valence-electron chi connectivity index (χ4n) is 2.56. The van der Waals surface area contributed by atoms with Crippen LogP contribution < -0.4 is 5.32 Å². The number of nitrogens with one attached hydrogen (secondary N) is 1. The monoisotopic (exact) mass is 243 g/mol. The van der Waals surface area contributed by atoms with E-state index in [9.17, 15) is 5.11 Å². The highest BCUT2D eigenvalue weighted by molar-refractivity contribution is 7.99. The largest absolute Gasteiger partial charge is 0.389 e. The van der Waals surface area contributed by atoms with E-state index in [0.717, 1.165) is 36.8 Å². The Bertz CT molecular complexity index is 212. The molecule has 0 aromatic carbocycles. The van der Waals surface area contributed by atoms with E-state index < -0.39 is 5.60 Å². The molecule has 0 aromatic heterocycles. The Balaban J connectivity index is 1.75. The molecule has 94 valence electrons. The second kappa shape index (κ2) is 5.74. The summed E-state index contributed by atoms with van der Waals surface area (Å²) in [6.45, 7) is 3.07. The molecule has 1 unspecified atom stereocenters. The Hall–Kier alpha value is 0.270. The lowest BCUT2D eigenvalue weighted by molar-refractivity contribution is 0.0286. The molecule has 16 heavy (non-hydrogen) atoms. The first-order valence-corrected chi connectivity index (χ1v) is 7.92. The maximum Gasteiger partial charge on any atom is 0.0787 e. The number of hydrogen-bond acceptors (Lipinski definition) is 3. The second-order valence-corrected chi connectivity index (χ2v) is 6.67. The van der Waals surface area contributed by atoms with Crippen LogP contribution >= 0.6 is 11.8 Å². The van der Waals surface area contributed by atoms with Crippen molar-refractivity contribution < 1.29 is 5.11 Å². The molecule has 1 aliphatic heterocycles. The normalized spacial score (nSPS) is 26.6. The third-order valence-electron chi connectivity index (χ3n) is 3.91. The Labute approximate surface area is 104 Å². The van der Waals surface area contributed by atoms with E-state index in [1.165, 1.54) is 25.7 Å². The van der Waals surface area contributed by atoms with Gasteiger partial charge in [0.25, 0.3) is 0 Å². The van der Waals surface area contributed by atoms with Crippen LogP contribution in [0.5, 0.6) is 0 Å². The molecule has 2 fully saturated rings.